The molecule has 1 atom stereocenters. The molecule has 1 unspecified atom stereocenters. The Morgan fingerprint density at radius 1 is 1.27 bits per heavy atom. The fraction of sp³-hybridized carbons (Fsp3) is 0.562. The van der Waals surface area contributed by atoms with Crippen molar-refractivity contribution in [1.29, 1.82) is 0 Å². The molecule has 1 amide bonds. The Bertz CT molecular complexity index is 525. The largest absolute Gasteiger partial charge is 0.353 e. The second-order valence-corrected chi connectivity index (χ2v) is 7.55. The summed E-state index contributed by atoms with van der Waals surface area (Å²) in [6.45, 7) is 0. The zero-order valence-corrected chi connectivity index (χ0v) is 14.0. The van der Waals surface area contributed by atoms with Crippen LogP contribution in [0.5, 0.6) is 0 Å². The third-order valence-corrected chi connectivity index (χ3v) is 5.43. The molecular weight excluding hydrogens is 325 g/mol. The van der Waals surface area contributed by atoms with Gasteiger partial charge < -0.3 is 5.32 Å². The predicted molar refractivity (Wildman–Crippen MR) is 87.8 cm³/mol. The molecule has 0 radical (unpaired) electrons. The Hall–Kier alpha value is -0.940. The first-order valence-electron chi connectivity index (χ1n) is 7.63. The van der Waals surface area contributed by atoms with Gasteiger partial charge in [-0.25, -0.2) is 4.39 Å². The van der Waals surface area contributed by atoms with Gasteiger partial charge >= 0.3 is 0 Å². The van der Waals surface area contributed by atoms with Crippen molar-refractivity contribution in [3.05, 3.63) is 34.6 Å². The van der Waals surface area contributed by atoms with Crippen LogP contribution in [0, 0.1) is 5.82 Å². The monoisotopic (exact) mass is 345 g/mol. The highest BCUT2D eigenvalue weighted by Crippen LogP contribution is 2.21. The summed E-state index contributed by atoms with van der Waals surface area (Å²) < 4.78 is 25.7. The highest BCUT2D eigenvalue weighted by Gasteiger charge is 2.18. The zero-order valence-electron chi connectivity index (χ0n) is 12.4. The van der Waals surface area contributed by atoms with Crippen molar-refractivity contribution >= 4 is 28.3 Å². The summed E-state index contributed by atoms with van der Waals surface area (Å²) in [7, 11) is -1.47. The van der Waals surface area contributed by atoms with Crippen LogP contribution in [0.1, 0.15) is 44.1 Å². The van der Waals surface area contributed by atoms with Gasteiger partial charge in [0.25, 0.3) is 0 Å². The van der Waals surface area contributed by atoms with Gasteiger partial charge in [-0.05, 0) is 25.0 Å². The molecule has 6 heteroatoms. The Morgan fingerprint density at radius 2 is 1.95 bits per heavy atom. The molecule has 1 saturated carbocycles. The molecule has 3 nitrogen and oxygen atoms in total. The maximum absolute atomic E-state index is 13.6. The molecule has 0 aliphatic heterocycles. The van der Waals surface area contributed by atoms with Crippen LogP contribution in [-0.2, 0) is 21.3 Å². The minimum Gasteiger partial charge on any atom is -0.353 e. The molecule has 1 fully saturated rings. The maximum atomic E-state index is 13.6. The molecule has 0 saturated heterocycles. The molecule has 2 rings (SSSR count). The van der Waals surface area contributed by atoms with E-state index in [1.165, 1.54) is 25.0 Å². The molecule has 22 heavy (non-hydrogen) atoms. The quantitative estimate of drug-likeness (QED) is 0.829. The molecule has 1 aromatic carbocycles. The van der Waals surface area contributed by atoms with E-state index < -0.39 is 16.6 Å². The summed E-state index contributed by atoms with van der Waals surface area (Å²) in [5.41, 5.74) is 0.213. The first-order valence-corrected chi connectivity index (χ1v) is 9.50. The molecular formula is C16H21ClFNO2S. The molecule has 1 aliphatic carbocycles. The van der Waals surface area contributed by atoms with Gasteiger partial charge in [0.1, 0.15) is 11.6 Å². The number of hydrogen-bond donors (Lipinski definition) is 1. The number of carbonyl (C=O) groups is 1. The second kappa shape index (κ2) is 8.63. The van der Waals surface area contributed by atoms with Crippen molar-refractivity contribution in [2.75, 3.05) is 5.75 Å². The van der Waals surface area contributed by atoms with Gasteiger partial charge in [-0.1, -0.05) is 43.4 Å². The molecule has 1 aliphatic rings. The minimum absolute atomic E-state index is 0.0381. The van der Waals surface area contributed by atoms with Crippen LogP contribution < -0.4 is 5.32 Å². The van der Waals surface area contributed by atoms with Crippen LogP contribution in [0.2, 0.25) is 5.02 Å². The second-order valence-electron chi connectivity index (χ2n) is 5.68. The van der Waals surface area contributed by atoms with Crippen LogP contribution >= 0.6 is 11.6 Å². The van der Waals surface area contributed by atoms with E-state index >= 15 is 0 Å². The van der Waals surface area contributed by atoms with E-state index in [1.54, 1.807) is 6.07 Å². The number of benzene rings is 1. The SMILES string of the molecule is O=C(CS(=O)Cc1c(F)cccc1Cl)NC1CCCCCC1. The Kier molecular flexibility index (Phi) is 6.83. The van der Waals surface area contributed by atoms with Crippen LogP contribution in [0.15, 0.2) is 18.2 Å². The smallest absolute Gasteiger partial charge is 0.232 e. The van der Waals surface area contributed by atoms with Crippen molar-refractivity contribution in [3.63, 3.8) is 0 Å². The van der Waals surface area contributed by atoms with E-state index in [1.807, 2.05) is 0 Å². The van der Waals surface area contributed by atoms with E-state index in [4.69, 9.17) is 11.6 Å². The first kappa shape index (κ1) is 17.4. The van der Waals surface area contributed by atoms with Gasteiger partial charge in [-0.3, -0.25) is 9.00 Å². The van der Waals surface area contributed by atoms with Crippen molar-refractivity contribution in [1.82, 2.24) is 5.32 Å². The lowest BCUT2D eigenvalue weighted by molar-refractivity contribution is -0.119. The molecule has 0 heterocycles. The Morgan fingerprint density at radius 3 is 2.59 bits per heavy atom. The molecule has 0 spiro atoms. The zero-order chi connectivity index (χ0) is 15.9. The number of carbonyl (C=O) groups excluding carboxylic acids is 1. The van der Waals surface area contributed by atoms with E-state index in [-0.39, 0.29) is 34.0 Å². The maximum Gasteiger partial charge on any atom is 0.232 e. The molecule has 1 aromatic rings. The van der Waals surface area contributed by atoms with Crippen LogP contribution in [-0.4, -0.2) is 21.9 Å². The number of amides is 1. The van der Waals surface area contributed by atoms with Gasteiger partial charge in [0, 0.05) is 27.4 Å². The van der Waals surface area contributed by atoms with E-state index in [9.17, 15) is 13.4 Å². The van der Waals surface area contributed by atoms with Gasteiger partial charge in [0.15, 0.2) is 0 Å². The standard InChI is InChI=1S/C16H21ClFNO2S/c17-14-8-5-9-15(18)13(14)10-22(21)11-16(20)19-12-6-3-1-2-4-7-12/h5,8-9,12H,1-4,6-7,10-11H2,(H,19,20). The molecule has 0 aromatic heterocycles. The van der Waals surface area contributed by atoms with Crippen LogP contribution in [0.25, 0.3) is 0 Å². The van der Waals surface area contributed by atoms with E-state index in [0.717, 1.165) is 25.7 Å². The molecule has 1 N–H and O–H groups in total. The van der Waals surface area contributed by atoms with Crippen molar-refractivity contribution in [2.24, 2.45) is 0 Å². The van der Waals surface area contributed by atoms with Crippen molar-refractivity contribution in [3.8, 4) is 0 Å². The number of rotatable bonds is 5. The highest BCUT2D eigenvalue weighted by atomic mass is 35.5. The summed E-state index contributed by atoms with van der Waals surface area (Å²) in [5, 5.41) is 3.19. The highest BCUT2D eigenvalue weighted by molar-refractivity contribution is 7.84. The lowest BCUT2D eigenvalue weighted by Gasteiger charge is -2.16. The van der Waals surface area contributed by atoms with E-state index in [0.29, 0.717) is 0 Å². The predicted octanol–water partition coefficient (Wildman–Crippen LogP) is 3.57. The Balaban J connectivity index is 1.84. The summed E-state index contributed by atoms with van der Waals surface area (Å²) >= 11 is 5.91. The topological polar surface area (TPSA) is 46.2 Å². The van der Waals surface area contributed by atoms with Crippen LogP contribution in [0.4, 0.5) is 4.39 Å². The van der Waals surface area contributed by atoms with Crippen molar-refractivity contribution < 1.29 is 13.4 Å². The average molecular weight is 346 g/mol. The summed E-state index contributed by atoms with van der Waals surface area (Å²) in [6.07, 6.45) is 6.64. The number of halogens is 2. The normalized spacial score (nSPS) is 17.7. The Labute approximate surface area is 138 Å². The van der Waals surface area contributed by atoms with E-state index in [2.05, 4.69) is 5.32 Å². The number of nitrogens with one attached hydrogen (secondary N) is 1. The lowest BCUT2D eigenvalue weighted by Crippen LogP contribution is -2.37. The van der Waals surface area contributed by atoms with Gasteiger partial charge in [-0.2, -0.15) is 0 Å². The lowest BCUT2D eigenvalue weighted by atomic mass is 10.1. The number of hydrogen-bond acceptors (Lipinski definition) is 2. The third kappa shape index (κ3) is 5.36. The van der Waals surface area contributed by atoms with Gasteiger partial charge in [0.2, 0.25) is 5.91 Å². The summed E-state index contributed by atoms with van der Waals surface area (Å²) in [6, 6.07) is 4.53. The molecule has 0 bridgehead atoms. The minimum atomic E-state index is -1.47. The third-order valence-electron chi connectivity index (χ3n) is 3.88. The fourth-order valence-electron chi connectivity index (χ4n) is 2.72. The van der Waals surface area contributed by atoms with Crippen molar-refractivity contribution in [2.45, 2.75) is 50.3 Å². The van der Waals surface area contributed by atoms with Gasteiger partial charge in [0.05, 0.1) is 5.75 Å². The van der Waals surface area contributed by atoms with Crippen LogP contribution in [0.3, 0.4) is 0 Å². The summed E-state index contributed by atoms with van der Waals surface area (Å²) in [4.78, 5) is 12.0. The average Bonchev–Trinajstić information content (AvgIpc) is 2.71. The fourth-order valence-corrected chi connectivity index (χ4v) is 4.12. The first-order chi connectivity index (χ1) is 10.6. The summed E-state index contributed by atoms with van der Waals surface area (Å²) in [5.74, 6) is -0.854. The van der Waals surface area contributed by atoms with Gasteiger partial charge in [-0.15, -0.1) is 0 Å². The molecule has 122 valence electrons.